The van der Waals surface area contributed by atoms with E-state index < -0.39 is 11.8 Å². The van der Waals surface area contributed by atoms with Crippen molar-refractivity contribution in [3.63, 3.8) is 0 Å². The highest BCUT2D eigenvalue weighted by atomic mass is 16.5. The molecule has 0 atom stereocenters. The zero-order valence-corrected chi connectivity index (χ0v) is 15.4. The zero-order valence-electron chi connectivity index (χ0n) is 15.4. The van der Waals surface area contributed by atoms with Gasteiger partial charge in [0.1, 0.15) is 11.8 Å². The molecule has 0 bridgehead atoms. The number of hydrogen-bond donors (Lipinski definition) is 2. The molecular formula is C20H19N3O5. The van der Waals surface area contributed by atoms with E-state index in [1.807, 2.05) is 6.07 Å². The Labute approximate surface area is 162 Å². The maximum atomic E-state index is 11.8. The number of rotatable bonds is 7. The predicted molar refractivity (Wildman–Crippen MR) is 102 cm³/mol. The van der Waals surface area contributed by atoms with Crippen LogP contribution in [0.2, 0.25) is 0 Å². The molecule has 8 nitrogen and oxygen atoms in total. The summed E-state index contributed by atoms with van der Waals surface area (Å²) in [6.45, 7) is -0.349. The highest BCUT2D eigenvalue weighted by molar-refractivity contribution is 5.93. The van der Waals surface area contributed by atoms with Crippen LogP contribution in [0.5, 0.6) is 17.2 Å². The first kappa shape index (κ1) is 20.3. The van der Waals surface area contributed by atoms with E-state index in [1.165, 1.54) is 20.3 Å². The molecular weight excluding hydrogens is 362 g/mol. The number of hydrogen-bond acceptors (Lipinski definition) is 6. The minimum absolute atomic E-state index is 0.292. The van der Waals surface area contributed by atoms with Gasteiger partial charge in [-0.15, -0.1) is 0 Å². The van der Waals surface area contributed by atoms with Crippen molar-refractivity contribution >= 4 is 17.9 Å². The summed E-state index contributed by atoms with van der Waals surface area (Å²) in [5.41, 5.74) is 5.50. The first-order chi connectivity index (χ1) is 13.6. The lowest BCUT2D eigenvalue weighted by molar-refractivity contribution is -0.128. The maximum Gasteiger partial charge on any atom is 0.276 e. The van der Waals surface area contributed by atoms with E-state index in [0.717, 1.165) is 5.56 Å². The Morgan fingerprint density at radius 2 is 1.79 bits per heavy atom. The van der Waals surface area contributed by atoms with E-state index in [-0.39, 0.29) is 6.61 Å². The standard InChI is InChI=1S/C20H19N3O5/c1-26-17-9-7-14(11-18(17)27-2)8-10-19(24)22-23-20(25)13-28-16-6-4-3-5-15(16)12-21/h3-11H,13H2,1-2H3,(H,22,24)(H,23,25)/b10-8+. The lowest BCUT2D eigenvalue weighted by Gasteiger charge is -2.09. The molecule has 0 spiro atoms. The number of hydrazine groups is 1. The summed E-state index contributed by atoms with van der Waals surface area (Å²) in [7, 11) is 3.05. The first-order valence-electron chi connectivity index (χ1n) is 8.18. The number of carbonyl (C=O) groups is 2. The van der Waals surface area contributed by atoms with Gasteiger partial charge >= 0.3 is 0 Å². The molecule has 2 aromatic carbocycles. The minimum atomic E-state index is -0.569. The van der Waals surface area contributed by atoms with E-state index in [4.69, 9.17) is 19.5 Å². The minimum Gasteiger partial charge on any atom is -0.493 e. The van der Waals surface area contributed by atoms with Crippen molar-refractivity contribution in [2.24, 2.45) is 0 Å². The third-order valence-corrected chi connectivity index (χ3v) is 3.53. The van der Waals surface area contributed by atoms with Crippen LogP contribution in [0.25, 0.3) is 6.08 Å². The Kier molecular flexibility index (Phi) is 7.43. The Hall–Kier alpha value is -3.99. The fourth-order valence-corrected chi connectivity index (χ4v) is 2.17. The van der Waals surface area contributed by atoms with Crippen molar-refractivity contribution < 1.29 is 23.8 Å². The fourth-order valence-electron chi connectivity index (χ4n) is 2.17. The highest BCUT2D eigenvalue weighted by Gasteiger charge is 2.07. The second-order valence-electron chi connectivity index (χ2n) is 5.38. The number of carbonyl (C=O) groups excluding carboxylic acids is 2. The highest BCUT2D eigenvalue weighted by Crippen LogP contribution is 2.27. The molecule has 2 rings (SSSR count). The topological polar surface area (TPSA) is 110 Å². The van der Waals surface area contributed by atoms with Gasteiger partial charge in [-0.25, -0.2) is 0 Å². The van der Waals surface area contributed by atoms with Crippen LogP contribution in [0.15, 0.2) is 48.5 Å². The average molecular weight is 381 g/mol. The number of ether oxygens (including phenoxy) is 3. The summed E-state index contributed by atoms with van der Waals surface area (Å²) < 4.78 is 15.6. The molecule has 144 valence electrons. The van der Waals surface area contributed by atoms with Gasteiger partial charge in [0, 0.05) is 6.08 Å². The molecule has 0 heterocycles. The van der Waals surface area contributed by atoms with Gasteiger partial charge in [0.25, 0.3) is 11.8 Å². The third-order valence-electron chi connectivity index (χ3n) is 3.53. The Morgan fingerprint density at radius 1 is 1.04 bits per heavy atom. The summed E-state index contributed by atoms with van der Waals surface area (Å²) in [6.07, 6.45) is 2.82. The second-order valence-corrected chi connectivity index (χ2v) is 5.38. The summed E-state index contributed by atoms with van der Waals surface area (Å²) in [5.74, 6) is 0.309. The van der Waals surface area contributed by atoms with Crippen LogP contribution in [0, 0.1) is 11.3 Å². The van der Waals surface area contributed by atoms with E-state index in [9.17, 15) is 9.59 Å². The van der Waals surface area contributed by atoms with Gasteiger partial charge in [-0.1, -0.05) is 18.2 Å². The summed E-state index contributed by atoms with van der Waals surface area (Å²) in [5, 5.41) is 8.97. The average Bonchev–Trinajstić information content (AvgIpc) is 2.74. The monoisotopic (exact) mass is 381 g/mol. The molecule has 0 aliphatic heterocycles. The van der Waals surface area contributed by atoms with Crippen molar-refractivity contribution in [1.82, 2.24) is 10.9 Å². The molecule has 2 amide bonds. The van der Waals surface area contributed by atoms with E-state index >= 15 is 0 Å². The number of nitrogens with one attached hydrogen (secondary N) is 2. The number of benzene rings is 2. The molecule has 0 aromatic heterocycles. The molecule has 0 saturated carbocycles. The SMILES string of the molecule is COc1ccc(/C=C/C(=O)NNC(=O)COc2ccccc2C#N)cc1OC. The van der Waals surface area contributed by atoms with Crippen LogP contribution < -0.4 is 25.1 Å². The number of para-hydroxylation sites is 1. The van der Waals surface area contributed by atoms with Gasteiger partial charge < -0.3 is 14.2 Å². The van der Waals surface area contributed by atoms with Gasteiger partial charge in [0.15, 0.2) is 18.1 Å². The molecule has 0 radical (unpaired) electrons. The molecule has 0 unspecified atom stereocenters. The third kappa shape index (κ3) is 5.78. The van der Waals surface area contributed by atoms with Crippen LogP contribution in [-0.2, 0) is 9.59 Å². The lowest BCUT2D eigenvalue weighted by atomic mass is 10.2. The Morgan fingerprint density at radius 3 is 2.50 bits per heavy atom. The van der Waals surface area contributed by atoms with Crippen LogP contribution in [-0.4, -0.2) is 32.6 Å². The van der Waals surface area contributed by atoms with E-state index in [0.29, 0.717) is 22.8 Å². The molecule has 8 heteroatoms. The first-order valence-corrected chi connectivity index (χ1v) is 8.18. The fraction of sp³-hybridized carbons (Fsp3) is 0.150. The number of nitriles is 1. The second kappa shape index (κ2) is 10.2. The summed E-state index contributed by atoms with van der Waals surface area (Å²) in [4.78, 5) is 23.6. The predicted octanol–water partition coefficient (Wildman–Crippen LogP) is 1.82. The number of nitrogens with zero attached hydrogens (tertiary/aromatic N) is 1. The smallest absolute Gasteiger partial charge is 0.276 e. The van der Waals surface area contributed by atoms with Gasteiger partial charge in [-0.3, -0.25) is 20.4 Å². The maximum absolute atomic E-state index is 11.8. The van der Waals surface area contributed by atoms with Crippen molar-refractivity contribution in [2.45, 2.75) is 0 Å². The van der Waals surface area contributed by atoms with Crippen LogP contribution in [0.1, 0.15) is 11.1 Å². The van der Waals surface area contributed by atoms with E-state index in [2.05, 4.69) is 10.9 Å². The molecule has 0 saturated heterocycles. The van der Waals surface area contributed by atoms with Crippen molar-refractivity contribution in [3.05, 3.63) is 59.7 Å². The molecule has 28 heavy (non-hydrogen) atoms. The summed E-state index contributed by atoms with van der Waals surface area (Å²) >= 11 is 0. The van der Waals surface area contributed by atoms with Gasteiger partial charge in [-0.2, -0.15) is 5.26 Å². The van der Waals surface area contributed by atoms with Crippen molar-refractivity contribution in [3.8, 4) is 23.3 Å². The lowest BCUT2D eigenvalue weighted by Crippen LogP contribution is -2.43. The zero-order chi connectivity index (χ0) is 20.4. The quantitative estimate of drug-likeness (QED) is 0.559. The van der Waals surface area contributed by atoms with E-state index in [1.54, 1.807) is 48.5 Å². The molecule has 0 aliphatic carbocycles. The van der Waals surface area contributed by atoms with Gasteiger partial charge in [0.05, 0.1) is 19.8 Å². The number of amides is 2. The number of methoxy groups -OCH3 is 2. The van der Waals surface area contributed by atoms with Crippen molar-refractivity contribution in [2.75, 3.05) is 20.8 Å². The summed E-state index contributed by atoms with van der Waals surface area (Å²) in [6, 6.07) is 13.7. The van der Waals surface area contributed by atoms with Gasteiger partial charge in [-0.05, 0) is 35.9 Å². The van der Waals surface area contributed by atoms with Crippen LogP contribution in [0.3, 0.4) is 0 Å². The normalized spacial score (nSPS) is 10.0. The molecule has 2 N–H and O–H groups in total. The van der Waals surface area contributed by atoms with Crippen molar-refractivity contribution in [1.29, 1.82) is 5.26 Å². The van der Waals surface area contributed by atoms with Crippen LogP contribution in [0.4, 0.5) is 0 Å². The molecule has 2 aromatic rings. The molecule has 0 aliphatic rings. The Bertz CT molecular complexity index is 918. The van der Waals surface area contributed by atoms with Gasteiger partial charge in [0.2, 0.25) is 0 Å². The molecule has 0 fully saturated rings. The Balaban J connectivity index is 1.82. The largest absolute Gasteiger partial charge is 0.493 e. The van der Waals surface area contributed by atoms with Crippen LogP contribution >= 0.6 is 0 Å².